The van der Waals surface area contributed by atoms with E-state index in [1.54, 1.807) is 25.1 Å². The third-order valence-electron chi connectivity index (χ3n) is 1.66. The summed E-state index contributed by atoms with van der Waals surface area (Å²) in [5.41, 5.74) is 1.42. The van der Waals surface area contributed by atoms with Crippen molar-refractivity contribution in [3.63, 3.8) is 0 Å². The van der Waals surface area contributed by atoms with Gasteiger partial charge >= 0.3 is 0 Å². The summed E-state index contributed by atoms with van der Waals surface area (Å²) < 4.78 is 0. The van der Waals surface area contributed by atoms with Gasteiger partial charge in [0, 0.05) is 0 Å². The summed E-state index contributed by atoms with van der Waals surface area (Å²) in [6.45, 7) is 1.40. The Bertz CT molecular complexity index is 231. The number of rotatable bonds is 2. The van der Waals surface area contributed by atoms with Crippen molar-refractivity contribution in [3.05, 3.63) is 35.4 Å². The summed E-state index contributed by atoms with van der Waals surface area (Å²) in [4.78, 5) is 0. The van der Waals surface area contributed by atoms with Gasteiger partial charge in [-0.05, 0) is 12.5 Å². The Morgan fingerprint density at radius 1 is 1.45 bits per heavy atom. The van der Waals surface area contributed by atoms with Crippen LogP contribution in [0, 0.1) is 0 Å². The van der Waals surface area contributed by atoms with Crippen LogP contribution in [0.3, 0.4) is 0 Å². The first-order chi connectivity index (χ1) is 5.25. The highest BCUT2D eigenvalue weighted by Crippen LogP contribution is 2.15. The Hall–Kier alpha value is -0.860. The van der Waals surface area contributed by atoms with Crippen LogP contribution in [0.4, 0.5) is 0 Å². The van der Waals surface area contributed by atoms with E-state index in [1.165, 1.54) is 0 Å². The van der Waals surface area contributed by atoms with Gasteiger partial charge in [-0.25, -0.2) is 0 Å². The van der Waals surface area contributed by atoms with E-state index in [0.717, 1.165) is 5.56 Å². The molecule has 0 unspecified atom stereocenters. The molecule has 1 N–H and O–H groups in total. The highest BCUT2D eigenvalue weighted by atomic mass is 16.3. The molecule has 60 valence electrons. The minimum absolute atomic E-state index is 0.263. The van der Waals surface area contributed by atoms with Crippen LogP contribution >= 0.6 is 0 Å². The Morgan fingerprint density at radius 3 is 2.55 bits per heavy atom. The molecule has 1 rings (SSSR count). The fourth-order valence-corrected chi connectivity index (χ4v) is 1.07. The average Bonchev–Trinajstić information content (AvgIpc) is 2.04. The van der Waals surface area contributed by atoms with Crippen molar-refractivity contribution >= 4 is 0 Å². The van der Waals surface area contributed by atoms with Gasteiger partial charge < -0.3 is 10.2 Å². The predicted octanol–water partition coefficient (Wildman–Crippen LogP) is 0.600. The molecule has 0 radical (unpaired) electrons. The van der Waals surface area contributed by atoms with Crippen LogP contribution in [0.1, 0.15) is 24.2 Å². The lowest BCUT2D eigenvalue weighted by Gasteiger charge is -2.13. The van der Waals surface area contributed by atoms with Crippen LogP contribution in [-0.4, -0.2) is 5.11 Å². The smallest absolute Gasteiger partial charge is 0.0764 e. The number of benzene rings is 1. The van der Waals surface area contributed by atoms with E-state index in [9.17, 15) is 10.2 Å². The van der Waals surface area contributed by atoms with Gasteiger partial charge in [0.2, 0.25) is 0 Å². The Labute approximate surface area is 66.1 Å². The number of hydrogen-bond donors (Lipinski definition) is 1. The van der Waals surface area contributed by atoms with E-state index in [0.29, 0.717) is 5.56 Å². The molecule has 2 heteroatoms. The summed E-state index contributed by atoms with van der Waals surface area (Å²) >= 11 is 0. The molecule has 2 nitrogen and oxygen atoms in total. The van der Waals surface area contributed by atoms with E-state index < -0.39 is 6.10 Å². The van der Waals surface area contributed by atoms with Gasteiger partial charge in [-0.3, -0.25) is 0 Å². The second-order valence-electron chi connectivity index (χ2n) is 2.52. The molecule has 0 heterocycles. The Kier molecular flexibility index (Phi) is 2.63. The predicted molar refractivity (Wildman–Crippen MR) is 40.8 cm³/mol. The standard InChI is InChI=1S/C9H11O2/c1-7(11)9-5-3-2-4-8(9)6-10/h2-5,7,11H,6H2,1H3/q-1/t7-/m1/s1. The summed E-state index contributed by atoms with van der Waals surface area (Å²) in [5, 5.41) is 19.7. The van der Waals surface area contributed by atoms with Crippen molar-refractivity contribution in [1.29, 1.82) is 0 Å². The molecule has 1 atom stereocenters. The Balaban J connectivity index is 3.02. The van der Waals surface area contributed by atoms with Gasteiger partial charge in [-0.15, -0.1) is 6.61 Å². The van der Waals surface area contributed by atoms with E-state index in [4.69, 9.17) is 0 Å². The van der Waals surface area contributed by atoms with E-state index in [2.05, 4.69) is 0 Å². The van der Waals surface area contributed by atoms with Gasteiger partial charge in [0.05, 0.1) is 6.10 Å². The van der Waals surface area contributed by atoms with Crippen molar-refractivity contribution in [1.82, 2.24) is 0 Å². The molecule has 0 aromatic heterocycles. The van der Waals surface area contributed by atoms with E-state index in [-0.39, 0.29) is 6.61 Å². The van der Waals surface area contributed by atoms with E-state index in [1.807, 2.05) is 6.07 Å². The first-order valence-corrected chi connectivity index (χ1v) is 3.59. The minimum Gasteiger partial charge on any atom is -0.851 e. The first-order valence-electron chi connectivity index (χ1n) is 3.59. The molecule has 0 aliphatic heterocycles. The zero-order valence-electron chi connectivity index (χ0n) is 6.45. The van der Waals surface area contributed by atoms with Crippen molar-refractivity contribution in [2.45, 2.75) is 19.6 Å². The molecule has 0 amide bonds. The highest BCUT2D eigenvalue weighted by molar-refractivity contribution is 5.27. The molecule has 1 aromatic rings. The maximum absolute atomic E-state index is 10.5. The summed E-state index contributed by atoms with van der Waals surface area (Å²) in [5.74, 6) is 0. The molecule has 1 aromatic carbocycles. The normalized spacial score (nSPS) is 13.0. The zero-order chi connectivity index (χ0) is 8.27. The molecule has 0 bridgehead atoms. The maximum atomic E-state index is 10.5. The maximum Gasteiger partial charge on any atom is 0.0764 e. The number of aliphatic hydroxyl groups excluding tert-OH is 1. The molecule has 11 heavy (non-hydrogen) atoms. The monoisotopic (exact) mass is 151 g/mol. The zero-order valence-corrected chi connectivity index (χ0v) is 6.45. The fourth-order valence-electron chi connectivity index (χ4n) is 1.07. The third kappa shape index (κ3) is 1.79. The topological polar surface area (TPSA) is 43.3 Å². The van der Waals surface area contributed by atoms with Gasteiger partial charge in [-0.1, -0.05) is 29.8 Å². The third-order valence-corrected chi connectivity index (χ3v) is 1.66. The molecule has 0 fully saturated rings. The SMILES string of the molecule is C[C@@H](O)c1ccccc1C[O-]. The largest absolute Gasteiger partial charge is 0.851 e. The molecular weight excluding hydrogens is 140 g/mol. The first kappa shape index (κ1) is 8.24. The number of hydrogen-bond acceptors (Lipinski definition) is 2. The van der Waals surface area contributed by atoms with Crippen LogP contribution in [-0.2, 0) is 6.61 Å². The molecular formula is C9H11O2-. The molecule has 0 saturated carbocycles. The van der Waals surface area contributed by atoms with Crippen LogP contribution in [0.5, 0.6) is 0 Å². The highest BCUT2D eigenvalue weighted by Gasteiger charge is 2.02. The quantitative estimate of drug-likeness (QED) is 0.672. The second-order valence-corrected chi connectivity index (χ2v) is 2.52. The van der Waals surface area contributed by atoms with Crippen LogP contribution in [0.2, 0.25) is 0 Å². The Morgan fingerprint density at radius 2 is 2.09 bits per heavy atom. The molecule has 0 aliphatic carbocycles. The van der Waals surface area contributed by atoms with Crippen molar-refractivity contribution in [2.75, 3.05) is 0 Å². The lowest BCUT2D eigenvalue weighted by Crippen LogP contribution is -2.07. The van der Waals surface area contributed by atoms with Crippen molar-refractivity contribution < 1.29 is 10.2 Å². The minimum atomic E-state index is -0.542. The molecule has 0 saturated heterocycles. The summed E-state index contributed by atoms with van der Waals surface area (Å²) in [7, 11) is 0. The lowest BCUT2D eigenvalue weighted by atomic mass is 10.0. The fraction of sp³-hybridized carbons (Fsp3) is 0.333. The van der Waals surface area contributed by atoms with E-state index >= 15 is 0 Å². The van der Waals surface area contributed by atoms with Gasteiger partial charge in [-0.2, -0.15) is 0 Å². The number of aliphatic hydroxyl groups is 1. The second kappa shape index (κ2) is 3.51. The van der Waals surface area contributed by atoms with Crippen LogP contribution in [0.25, 0.3) is 0 Å². The van der Waals surface area contributed by atoms with Crippen molar-refractivity contribution in [2.24, 2.45) is 0 Å². The molecule has 0 aliphatic rings. The van der Waals surface area contributed by atoms with Crippen LogP contribution < -0.4 is 5.11 Å². The van der Waals surface area contributed by atoms with Gasteiger partial charge in [0.25, 0.3) is 0 Å². The lowest BCUT2D eigenvalue weighted by molar-refractivity contribution is -0.386. The van der Waals surface area contributed by atoms with Crippen LogP contribution in [0.15, 0.2) is 24.3 Å². The van der Waals surface area contributed by atoms with Crippen molar-refractivity contribution in [3.8, 4) is 0 Å². The average molecular weight is 151 g/mol. The van der Waals surface area contributed by atoms with Gasteiger partial charge in [0.1, 0.15) is 0 Å². The van der Waals surface area contributed by atoms with Gasteiger partial charge in [0.15, 0.2) is 0 Å². The molecule has 0 spiro atoms. The summed E-state index contributed by atoms with van der Waals surface area (Å²) in [6.07, 6.45) is -0.542. The summed E-state index contributed by atoms with van der Waals surface area (Å²) in [6, 6.07) is 7.15.